The van der Waals surface area contributed by atoms with Crippen LogP contribution in [0, 0.1) is 0 Å². The van der Waals surface area contributed by atoms with E-state index in [1.807, 2.05) is 49.5 Å². The van der Waals surface area contributed by atoms with E-state index >= 15 is 0 Å². The molecule has 2 aromatic rings. The van der Waals surface area contributed by atoms with Gasteiger partial charge in [-0.05, 0) is 18.2 Å². The number of para-hydroxylation sites is 1. The largest absolute Gasteiger partial charge is 0.488 e. The van der Waals surface area contributed by atoms with Crippen LogP contribution in [0.25, 0.3) is 0 Å². The number of hydrogen-bond acceptors (Lipinski definition) is 1. The van der Waals surface area contributed by atoms with Crippen molar-refractivity contribution in [3.05, 3.63) is 64.7 Å². The van der Waals surface area contributed by atoms with Gasteiger partial charge in [0.15, 0.2) is 0 Å². The van der Waals surface area contributed by atoms with Gasteiger partial charge in [-0.3, -0.25) is 0 Å². The fourth-order valence-electron chi connectivity index (χ4n) is 1.80. The molecule has 0 spiro atoms. The molecule has 2 rings (SSSR count). The van der Waals surface area contributed by atoms with E-state index in [0.29, 0.717) is 6.61 Å². The summed E-state index contributed by atoms with van der Waals surface area (Å²) in [5, 5.41) is 2.87. The van der Waals surface area contributed by atoms with Crippen molar-refractivity contribution >= 4 is 11.6 Å². The van der Waals surface area contributed by atoms with Gasteiger partial charge in [0, 0.05) is 16.1 Å². The topological polar surface area (TPSA) is 25.8 Å². The minimum atomic E-state index is 0.500. The lowest BCUT2D eigenvalue weighted by atomic mass is 10.2. The lowest BCUT2D eigenvalue weighted by molar-refractivity contribution is -0.643. The minimum Gasteiger partial charge on any atom is -0.488 e. The second kappa shape index (κ2) is 6.43. The van der Waals surface area contributed by atoms with Crippen LogP contribution in [0.4, 0.5) is 0 Å². The predicted molar refractivity (Wildman–Crippen MR) is 73.8 cm³/mol. The van der Waals surface area contributed by atoms with E-state index in [-0.39, 0.29) is 0 Å². The van der Waals surface area contributed by atoms with Crippen molar-refractivity contribution in [2.24, 2.45) is 0 Å². The van der Waals surface area contributed by atoms with Crippen LogP contribution in [0.15, 0.2) is 48.5 Å². The van der Waals surface area contributed by atoms with E-state index in [2.05, 4.69) is 11.4 Å². The zero-order valence-electron chi connectivity index (χ0n) is 10.4. The summed E-state index contributed by atoms with van der Waals surface area (Å²) in [6.45, 7) is 1.42. The standard InChI is InChI=1S/C15H16ClNO/c1-17-10-12-6-3-5-9-15(12)18-11-13-7-2-4-8-14(13)16/h2-9,17H,10-11H2,1H3/p+1. The number of quaternary nitrogens is 1. The Labute approximate surface area is 113 Å². The maximum Gasteiger partial charge on any atom is 0.128 e. The molecule has 0 radical (unpaired) electrons. The van der Waals surface area contributed by atoms with Gasteiger partial charge < -0.3 is 10.1 Å². The van der Waals surface area contributed by atoms with E-state index in [1.165, 1.54) is 5.56 Å². The molecule has 0 unspecified atom stereocenters. The van der Waals surface area contributed by atoms with Crippen molar-refractivity contribution < 1.29 is 10.1 Å². The van der Waals surface area contributed by atoms with Crippen molar-refractivity contribution in [3.63, 3.8) is 0 Å². The molecule has 0 aliphatic heterocycles. The Morgan fingerprint density at radius 2 is 1.67 bits per heavy atom. The van der Waals surface area contributed by atoms with Gasteiger partial charge in [-0.25, -0.2) is 0 Å². The van der Waals surface area contributed by atoms with E-state index in [9.17, 15) is 0 Å². The molecule has 0 aromatic heterocycles. The van der Waals surface area contributed by atoms with E-state index in [4.69, 9.17) is 16.3 Å². The van der Waals surface area contributed by atoms with Gasteiger partial charge in [-0.1, -0.05) is 41.9 Å². The van der Waals surface area contributed by atoms with Crippen molar-refractivity contribution in [1.82, 2.24) is 0 Å². The summed E-state index contributed by atoms with van der Waals surface area (Å²) in [5.74, 6) is 0.926. The second-order valence-electron chi connectivity index (χ2n) is 4.10. The average molecular weight is 263 g/mol. The highest BCUT2D eigenvalue weighted by Crippen LogP contribution is 2.21. The van der Waals surface area contributed by atoms with Gasteiger partial charge in [-0.15, -0.1) is 0 Å². The highest BCUT2D eigenvalue weighted by molar-refractivity contribution is 6.31. The Hall–Kier alpha value is -1.51. The molecule has 0 bridgehead atoms. The summed E-state index contributed by atoms with van der Waals surface area (Å²) in [6.07, 6.45) is 0. The highest BCUT2D eigenvalue weighted by Gasteiger charge is 2.05. The number of rotatable bonds is 5. The van der Waals surface area contributed by atoms with Crippen LogP contribution in [0.2, 0.25) is 5.02 Å². The van der Waals surface area contributed by atoms with Gasteiger partial charge in [0.25, 0.3) is 0 Å². The quantitative estimate of drug-likeness (QED) is 0.881. The molecule has 0 amide bonds. The molecule has 2 nitrogen and oxygen atoms in total. The molecule has 2 aromatic carbocycles. The molecule has 0 saturated heterocycles. The summed E-state index contributed by atoms with van der Waals surface area (Å²) >= 11 is 6.11. The number of ether oxygens (including phenoxy) is 1. The summed E-state index contributed by atoms with van der Waals surface area (Å²) in [6, 6.07) is 15.9. The van der Waals surface area contributed by atoms with Crippen molar-refractivity contribution in [2.75, 3.05) is 7.05 Å². The van der Waals surface area contributed by atoms with Gasteiger partial charge in [0.1, 0.15) is 18.9 Å². The minimum absolute atomic E-state index is 0.500. The van der Waals surface area contributed by atoms with Crippen molar-refractivity contribution in [3.8, 4) is 5.75 Å². The van der Waals surface area contributed by atoms with E-state index < -0.39 is 0 Å². The highest BCUT2D eigenvalue weighted by atomic mass is 35.5. The fraction of sp³-hybridized carbons (Fsp3) is 0.200. The first kappa shape index (κ1) is 12.9. The number of benzene rings is 2. The molecule has 0 aliphatic carbocycles. The summed E-state index contributed by atoms with van der Waals surface area (Å²) < 4.78 is 5.85. The Kier molecular flexibility index (Phi) is 4.62. The molecule has 18 heavy (non-hydrogen) atoms. The van der Waals surface area contributed by atoms with E-state index in [1.54, 1.807) is 0 Å². The molecule has 3 heteroatoms. The third kappa shape index (κ3) is 3.25. The van der Waals surface area contributed by atoms with Crippen molar-refractivity contribution in [1.29, 1.82) is 0 Å². The Balaban J connectivity index is 2.08. The normalized spacial score (nSPS) is 10.3. The zero-order valence-corrected chi connectivity index (χ0v) is 11.2. The predicted octanol–water partition coefficient (Wildman–Crippen LogP) is 2.61. The fourth-order valence-corrected chi connectivity index (χ4v) is 1.99. The third-order valence-corrected chi connectivity index (χ3v) is 3.11. The smallest absolute Gasteiger partial charge is 0.128 e. The van der Waals surface area contributed by atoms with Crippen LogP contribution in [-0.4, -0.2) is 7.05 Å². The van der Waals surface area contributed by atoms with Gasteiger partial charge >= 0.3 is 0 Å². The average Bonchev–Trinajstić information content (AvgIpc) is 2.40. The Morgan fingerprint density at radius 3 is 2.39 bits per heavy atom. The third-order valence-electron chi connectivity index (χ3n) is 2.74. The van der Waals surface area contributed by atoms with E-state index in [0.717, 1.165) is 22.9 Å². The Morgan fingerprint density at radius 1 is 1.00 bits per heavy atom. The number of hydrogen-bond donors (Lipinski definition) is 1. The molecule has 0 fully saturated rings. The SMILES string of the molecule is C[NH2+]Cc1ccccc1OCc1ccccc1Cl. The van der Waals surface area contributed by atoms with Crippen LogP contribution >= 0.6 is 11.6 Å². The second-order valence-corrected chi connectivity index (χ2v) is 4.51. The maximum atomic E-state index is 6.11. The molecular formula is C15H17ClNO+. The maximum absolute atomic E-state index is 6.11. The monoisotopic (exact) mass is 262 g/mol. The number of halogens is 1. The molecule has 0 heterocycles. The number of nitrogens with two attached hydrogens (primary N) is 1. The first-order valence-corrected chi connectivity index (χ1v) is 6.41. The summed E-state index contributed by atoms with van der Waals surface area (Å²) in [7, 11) is 2.05. The Bertz CT molecular complexity index is 513. The molecule has 2 N–H and O–H groups in total. The van der Waals surface area contributed by atoms with Crippen LogP contribution in [0.1, 0.15) is 11.1 Å². The van der Waals surface area contributed by atoms with Crippen LogP contribution in [-0.2, 0) is 13.2 Å². The van der Waals surface area contributed by atoms with Crippen LogP contribution < -0.4 is 10.1 Å². The molecule has 0 saturated carbocycles. The molecule has 0 atom stereocenters. The van der Waals surface area contributed by atoms with Gasteiger partial charge in [-0.2, -0.15) is 0 Å². The molecular weight excluding hydrogens is 246 g/mol. The van der Waals surface area contributed by atoms with Crippen molar-refractivity contribution in [2.45, 2.75) is 13.2 Å². The zero-order chi connectivity index (χ0) is 12.8. The molecule has 0 aliphatic rings. The van der Waals surface area contributed by atoms with Gasteiger partial charge in [0.2, 0.25) is 0 Å². The van der Waals surface area contributed by atoms with Crippen LogP contribution in [0.5, 0.6) is 5.75 Å². The first-order chi connectivity index (χ1) is 8.81. The summed E-state index contributed by atoms with van der Waals surface area (Å²) in [5.41, 5.74) is 2.21. The molecule has 94 valence electrons. The van der Waals surface area contributed by atoms with Gasteiger partial charge in [0.05, 0.1) is 7.05 Å². The lowest BCUT2D eigenvalue weighted by Gasteiger charge is -2.10. The lowest BCUT2D eigenvalue weighted by Crippen LogP contribution is -2.77. The first-order valence-electron chi connectivity index (χ1n) is 6.03. The van der Waals surface area contributed by atoms with Crippen LogP contribution in [0.3, 0.4) is 0 Å². The summed E-state index contributed by atoms with van der Waals surface area (Å²) in [4.78, 5) is 0.